The second-order valence-corrected chi connectivity index (χ2v) is 14.9. The zero-order valence-electron chi connectivity index (χ0n) is 31.7. The molecule has 11 heteroatoms. The predicted octanol–water partition coefficient (Wildman–Crippen LogP) is 9.47. The molecular formula is C44H47ClN4O6. The highest BCUT2D eigenvalue weighted by Crippen LogP contribution is 2.46. The van der Waals surface area contributed by atoms with Crippen LogP contribution in [0.4, 0.5) is 0 Å². The van der Waals surface area contributed by atoms with E-state index in [-0.39, 0.29) is 5.41 Å². The highest BCUT2D eigenvalue weighted by Gasteiger charge is 2.38. The summed E-state index contributed by atoms with van der Waals surface area (Å²) in [7, 11) is 0. The van der Waals surface area contributed by atoms with Crippen molar-refractivity contribution < 1.29 is 29.3 Å². The molecule has 0 spiro atoms. The van der Waals surface area contributed by atoms with Crippen molar-refractivity contribution in [1.82, 2.24) is 14.8 Å². The summed E-state index contributed by atoms with van der Waals surface area (Å²) in [4.78, 5) is 27.9. The van der Waals surface area contributed by atoms with Crippen molar-refractivity contribution in [3.05, 3.63) is 136 Å². The Kier molecular flexibility index (Phi) is 11.8. The van der Waals surface area contributed by atoms with E-state index in [2.05, 4.69) is 22.3 Å². The van der Waals surface area contributed by atoms with Gasteiger partial charge < -0.3 is 19.7 Å². The summed E-state index contributed by atoms with van der Waals surface area (Å²) >= 11 is 6.19. The lowest BCUT2D eigenvalue weighted by atomic mass is 9.65. The zero-order chi connectivity index (χ0) is 39.2. The van der Waals surface area contributed by atoms with Crippen LogP contribution in [0.5, 0.6) is 11.5 Å². The minimum atomic E-state index is -1.26. The quantitative estimate of drug-likeness (QED) is 0.136. The van der Waals surface area contributed by atoms with Crippen LogP contribution in [0, 0.1) is 0 Å². The number of carboxylic acids is 2. The first kappa shape index (κ1) is 39.2. The number of hydrogen-bond donors (Lipinski definition) is 2. The van der Waals surface area contributed by atoms with Gasteiger partial charge in [-0.05, 0) is 93.1 Å². The van der Waals surface area contributed by atoms with E-state index in [1.165, 1.54) is 17.5 Å². The number of aliphatic imine (C=N–C) groups is 1. The fourth-order valence-electron chi connectivity index (χ4n) is 7.19. The molecule has 2 N–H and O–H groups in total. The van der Waals surface area contributed by atoms with Crippen LogP contribution >= 0.6 is 11.6 Å². The van der Waals surface area contributed by atoms with Crippen molar-refractivity contribution in [1.29, 1.82) is 0 Å². The Morgan fingerprint density at radius 3 is 1.84 bits per heavy atom. The van der Waals surface area contributed by atoms with Crippen LogP contribution in [-0.4, -0.2) is 53.8 Å². The van der Waals surface area contributed by atoms with Crippen molar-refractivity contribution in [2.24, 2.45) is 4.99 Å². The molecule has 0 saturated heterocycles. The fraction of sp³-hybridized carbons (Fsp3) is 0.341. The van der Waals surface area contributed by atoms with Gasteiger partial charge in [0.15, 0.2) is 5.82 Å². The van der Waals surface area contributed by atoms with Crippen molar-refractivity contribution in [2.75, 3.05) is 0 Å². The molecule has 1 aliphatic heterocycles. The number of benzene rings is 4. The van der Waals surface area contributed by atoms with Crippen molar-refractivity contribution in [3.63, 3.8) is 0 Å². The van der Waals surface area contributed by atoms with Crippen LogP contribution in [0.1, 0.15) is 101 Å². The van der Waals surface area contributed by atoms with Gasteiger partial charge in [0.1, 0.15) is 24.4 Å². The topological polar surface area (TPSA) is 136 Å². The van der Waals surface area contributed by atoms with Gasteiger partial charge in [0, 0.05) is 21.6 Å². The molecule has 10 nitrogen and oxygen atoms in total. The molecule has 0 bridgehead atoms. The third-order valence-corrected chi connectivity index (χ3v) is 11.2. The number of ether oxygens (including phenoxy) is 2. The molecule has 2 heterocycles. The van der Waals surface area contributed by atoms with Gasteiger partial charge in [-0.1, -0.05) is 99.3 Å². The first-order valence-corrected chi connectivity index (χ1v) is 19.1. The lowest BCUT2D eigenvalue weighted by Gasteiger charge is -2.39. The second kappa shape index (κ2) is 16.5. The van der Waals surface area contributed by atoms with Gasteiger partial charge in [-0.2, -0.15) is 0 Å². The Balaban J connectivity index is 0.000000207. The molecule has 1 aliphatic carbocycles. The summed E-state index contributed by atoms with van der Waals surface area (Å²) in [5, 5.41) is 27.8. The smallest absolute Gasteiger partial charge is 0.347 e. The van der Waals surface area contributed by atoms with Crippen LogP contribution < -0.4 is 9.47 Å². The summed E-state index contributed by atoms with van der Waals surface area (Å²) in [5.41, 5.74) is 3.66. The maximum absolute atomic E-state index is 11.6. The van der Waals surface area contributed by atoms with E-state index in [1.54, 1.807) is 34.0 Å². The molecule has 0 radical (unpaired) electrons. The standard InChI is InChI=1S/C28H36O6.C16H11ClN4/c1-5-26(3,24(29)30)33-22-14-10-20(11-15-22)28(18-8-7-9-19-28)21-12-16-23(17-13-21)34-27(4,6-2)25(31)32;17-12-6-7-14-13(8-12)16(11-4-2-1-3-5-11)18-9-15-20-19-10-21(14)15/h10-17H,5-9,18-19H2,1-4H3,(H,29,30)(H,31,32);1-8,10H,9H2. The van der Waals surface area contributed by atoms with Crippen LogP contribution in [0.25, 0.3) is 5.69 Å². The Bertz CT molecular complexity index is 2070. The van der Waals surface area contributed by atoms with Gasteiger partial charge in [0.25, 0.3) is 0 Å². The lowest BCUT2D eigenvalue weighted by Crippen LogP contribution is -2.40. The molecule has 1 saturated carbocycles. The summed E-state index contributed by atoms with van der Waals surface area (Å²) < 4.78 is 13.6. The molecule has 1 fully saturated rings. The predicted molar refractivity (Wildman–Crippen MR) is 213 cm³/mol. The van der Waals surface area contributed by atoms with E-state index >= 15 is 0 Å². The monoisotopic (exact) mass is 762 g/mol. The molecule has 4 aromatic carbocycles. The third-order valence-electron chi connectivity index (χ3n) is 11.0. The number of carboxylic acid groups (broad SMARTS) is 2. The Morgan fingerprint density at radius 2 is 1.33 bits per heavy atom. The number of hydrogen-bond acceptors (Lipinski definition) is 7. The van der Waals surface area contributed by atoms with Crippen LogP contribution in [0.2, 0.25) is 5.02 Å². The van der Waals surface area contributed by atoms with E-state index in [0.717, 1.165) is 54.0 Å². The largest absolute Gasteiger partial charge is 0.478 e. The van der Waals surface area contributed by atoms with Gasteiger partial charge in [0.05, 0.1) is 11.4 Å². The number of halogens is 1. The average molecular weight is 763 g/mol. The second-order valence-electron chi connectivity index (χ2n) is 14.5. The van der Waals surface area contributed by atoms with E-state index in [9.17, 15) is 19.8 Å². The van der Waals surface area contributed by atoms with Crippen LogP contribution in [0.15, 0.2) is 108 Å². The molecule has 286 valence electrons. The van der Waals surface area contributed by atoms with Gasteiger partial charge in [-0.3, -0.25) is 9.56 Å². The summed E-state index contributed by atoms with van der Waals surface area (Å²) in [6.45, 7) is 7.27. The zero-order valence-corrected chi connectivity index (χ0v) is 32.4. The maximum Gasteiger partial charge on any atom is 0.347 e. The molecule has 2 atom stereocenters. The van der Waals surface area contributed by atoms with Gasteiger partial charge in [-0.15, -0.1) is 10.2 Å². The summed E-state index contributed by atoms with van der Waals surface area (Å²) in [6, 6.07) is 31.5. The molecule has 55 heavy (non-hydrogen) atoms. The Hall–Kier alpha value is -5.48. The number of fused-ring (bicyclic) bond motifs is 3. The molecule has 1 aromatic heterocycles. The number of nitrogens with zero attached hydrogens (tertiary/aromatic N) is 4. The molecule has 5 aromatic rings. The normalized spacial score (nSPS) is 16.6. The summed E-state index contributed by atoms with van der Waals surface area (Å²) in [5.74, 6) is -0.0561. The maximum atomic E-state index is 11.6. The van der Waals surface area contributed by atoms with Gasteiger partial charge >= 0.3 is 11.9 Å². The van der Waals surface area contributed by atoms with Crippen molar-refractivity contribution in [2.45, 2.75) is 95.8 Å². The highest BCUT2D eigenvalue weighted by atomic mass is 35.5. The molecule has 7 rings (SSSR count). The molecule has 2 unspecified atom stereocenters. The number of rotatable bonds is 11. The molecular weight excluding hydrogens is 716 g/mol. The van der Waals surface area contributed by atoms with Crippen molar-refractivity contribution in [3.8, 4) is 17.2 Å². The van der Waals surface area contributed by atoms with E-state index in [4.69, 9.17) is 26.1 Å². The first-order chi connectivity index (χ1) is 26.4. The molecule has 2 aliphatic rings. The third kappa shape index (κ3) is 8.29. The van der Waals surface area contributed by atoms with E-state index < -0.39 is 23.1 Å². The number of aromatic nitrogens is 3. The van der Waals surface area contributed by atoms with E-state index in [0.29, 0.717) is 35.9 Å². The number of carbonyl (C=O) groups is 2. The van der Waals surface area contributed by atoms with Crippen LogP contribution in [0.3, 0.4) is 0 Å². The minimum absolute atomic E-state index is 0.156. The highest BCUT2D eigenvalue weighted by molar-refractivity contribution is 6.31. The van der Waals surface area contributed by atoms with Crippen molar-refractivity contribution >= 4 is 29.3 Å². The summed E-state index contributed by atoms with van der Waals surface area (Å²) in [6.07, 6.45) is 7.90. The first-order valence-electron chi connectivity index (χ1n) is 18.8. The molecule has 0 amide bonds. The Labute approximate surface area is 326 Å². The minimum Gasteiger partial charge on any atom is -0.478 e. The number of aliphatic carboxylic acids is 2. The van der Waals surface area contributed by atoms with Gasteiger partial charge in [0.2, 0.25) is 11.2 Å². The lowest BCUT2D eigenvalue weighted by molar-refractivity contribution is -0.154. The fourth-order valence-corrected chi connectivity index (χ4v) is 7.36. The van der Waals surface area contributed by atoms with E-state index in [1.807, 2.05) is 89.5 Å². The average Bonchev–Trinajstić information content (AvgIpc) is 3.62. The SMILES string of the molecule is CCC(C)(Oc1ccc(C2(c3ccc(OC(C)(CC)C(=O)O)cc3)CCCCC2)cc1)C(=O)O.Clc1ccc2c(c1)C(c1ccccc1)=NCc1nncn1-2. The van der Waals surface area contributed by atoms with Crippen LogP contribution in [-0.2, 0) is 21.5 Å². The van der Waals surface area contributed by atoms with Gasteiger partial charge in [-0.25, -0.2) is 9.59 Å². The Morgan fingerprint density at radius 1 is 0.782 bits per heavy atom.